The van der Waals surface area contributed by atoms with Gasteiger partial charge in [-0.1, -0.05) is 19.3 Å². The summed E-state index contributed by atoms with van der Waals surface area (Å²) in [5.74, 6) is 0.285. The van der Waals surface area contributed by atoms with Crippen molar-refractivity contribution in [3.05, 3.63) is 48.1 Å². The van der Waals surface area contributed by atoms with Gasteiger partial charge in [0.2, 0.25) is 0 Å². The highest BCUT2D eigenvalue weighted by Gasteiger charge is 2.31. The Bertz CT molecular complexity index is 1230. The van der Waals surface area contributed by atoms with Crippen molar-refractivity contribution in [3.63, 3.8) is 0 Å². The van der Waals surface area contributed by atoms with E-state index in [0.717, 1.165) is 50.9 Å². The van der Waals surface area contributed by atoms with Crippen molar-refractivity contribution >= 4 is 65.4 Å². The summed E-state index contributed by atoms with van der Waals surface area (Å²) in [7, 11) is -8.78. The second kappa shape index (κ2) is 9.07. The number of hydrogen-bond acceptors (Lipinski definition) is 6. The summed E-state index contributed by atoms with van der Waals surface area (Å²) in [5, 5.41) is 0. The first-order chi connectivity index (χ1) is 14.6. The Labute approximate surface area is 210 Å². The van der Waals surface area contributed by atoms with E-state index in [0.29, 0.717) is 30.4 Å². The maximum absolute atomic E-state index is 13.4. The zero-order valence-electron chi connectivity index (χ0n) is 16.6. The van der Waals surface area contributed by atoms with Gasteiger partial charge in [0.25, 0.3) is 0 Å². The fourth-order valence-electron chi connectivity index (χ4n) is 4.67. The molecule has 0 aliphatic heterocycles. The van der Waals surface area contributed by atoms with Gasteiger partial charge in [0.15, 0.2) is 0 Å². The lowest BCUT2D eigenvalue weighted by molar-refractivity contribution is 0.433. The number of rotatable bonds is 5. The lowest BCUT2D eigenvalue weighted by Gasteiger charge is -2.26. The molecule has 0 N–H and O–H groups in total. The van der Waals surface area contributed by atoms with Gasteiger partial charge in [-0.15, -0.1) is 0 Å². The summed E-state index contributed by atoms with van der Waals surface area (Å²) in [4.78, 5) is -0.0978. The van der Waals surface area contributed by atoms with Gasteiger partial charge in [0.1, 0.15) is 20.8 Å². The lowest BCUT2D eigenvalue weighted by atomic mass is 9.84. The Morgan fingerprint density at radius 1 is 0.871 bits per heavy atom. The maximum atomic E-state index is 13.4. The van der Waals surface area contributed by atoms with Crippen LogP contribution in [-0.4, -0.2) is 21.4 Å². The van der Waals surface area contributed by atoms with Crippen LogP contribution in [0.5, 0.6) is 5.75 Å². The molecular weight excluding hydrogens is 666 g/mol. The van der Waals surface area contributed by atoms with E-state index in [2.05, 4.69) is 45.2 Å². The van der Waals surface area contributed by atoms with E-state index in [1.54, 1.807) is 6.07 Å². The molecular formula is C21H21I2O6S2-. The summed E-state index contributed by atoms with van der Waals surface area (Å²) in [5.41, 5.74) is 1.70. The van der Waals surface area contributed by atoms with E-state index in [4.69, 9.17) is 4.18 Å². The average Bonchev–Trinajstić information content (AvgIpc) is 3.17. The summed E-state index contributed by atoms with van der Waals surface area (Å²) in [6.45, 7) is 0. The van der Waals surface area contributed by atoms with Gasteiger partial charge >= 0.3 is 10.1 Å². The van der Waals surface area contributed by atoms with Crippen molar-refractivity contribution in [3.8, 4) is 5.75 Å². The second-order valence-electron chi connectivity index (χ2n) is 8.00. The Morgan fingerprint density at radius 2 is 1.55 bits per heavy atom. The van der Waals surface area contributed by atoms with Gasteiger partial charge in [-0.25, -0.2) is 8.42 Å². The normalized spacial score (nSPS) is 17.5. The van der Waals surface area contributed by atoms with Crippen LogP contribution in [0.15, 0.2) is 34.1 Å². The standard InChI is InChI=1S/C21H22I2O6S2/c22-14-11-17(23)21(13-5-2-1-3-6-13)20(12-14)31(27,28)29-18-9-10-19(30(24,25)26)16-8-4-7-15(16)18/h9-13H,1-8H2,(H,24,25,26)/p-1. The van der Waals surface area contributed by atoms with Crippen LogP contribution in [0.2, 0.25) is 0 Å². The molecule has 0 aromatic heterocycles. The van der Waals surface area contributed by atoms with Crippen molar-refractivity contribution in [1.29, 1.82) is 0 Å². The van der Waals surface area contributed by atoms with Gasteiger partial charge in [0, 0.05) is 12.7 Å². The third kappa shape index (κ3) is 4.92. The highest BCUT2D eigenvalue weighted by Crippen LogP contribution is 2.41. The summed E-state index contributed by atoms with van der Waals surface area (Å²) in [6.07, 6.45) is 6.75. The van der Waals surface area contributed by atoms with Gasteiger partial charge < -0.3 is 8.74 Å². The van der Waals surface area contributed by atoms with Crippen LogP contribution in [0, 0.1) is 7.14 Å². The van der Waals surface area contributed by atoms with Crippen molar-refractivity contribution in [2.75, 3.05) is 0 Å². The highest BCUT2D eigenvalue weighted by atomic mass is 127. The molecule has 168 valence electrons. The van der Waals surface area contributed by atoms with Crippen LogP contribution in [0.25, 0.3) is 0 Å². The van der Waals surface area contributed by atoms with Crippen molar-refractivity contribution in [1.82, 2.24) is 0 Å². The molecule has 0 radical (unpaired) electrons. The van der Waals surface area contributed by atoms with Crippen LogP contribution in [-0.2, 0) is 33.1 Å². The molecule has 0 saturated heterocycles. The molecule has 6 nitrogen and oxygen atoms in total. The third-order valence-corrected chi connectivity index (χ3v) is 9.72. The smallest absolute Gasteiger partial charge is 0.339 e. The minimum atomic E-state index is -4.63. The van der Waals surface area contributed by atoms with E-state index < -0.39 is 20.2 Å². The van der Waals surface area contributed by atoms with E-state index in [-0.39, 0.29) is 21.5 Å². The van der Waals surface area contributed by atoms with Crippen molar-refractivity contribution in [2.24, 2.45) is 0 Å². The molecule has 2 aliphatic rings. The molecule has 0 spiro atoms. The monoisotopic (exact) mass is 687 g/mol. The molecule has 1 saturated carbocycles. The molecule has 0 heterocycles. The van der Waals surface area contributed by atoms with Crippen LogP contribution >= 0.6 is 45.2 Å². The Balaban J connectivity index is 1.78. The minimum Gasteiger partial charge on any atom is -0.744 e. The zero-order chi connectivity index (χ0) is 22.4. The van der Waals surface area contributed by atoms with Crippen LogP contribution in [0.4, 0.5) is 0 Å². The Morgan fingerprint density at radius 3 is 2.23 bits per heavy atom. The molecule has 0 atom stereocenters. The SMILES string of the molecule is O=S(=O)([O-])c1ccc(OS(=O)(=O)c2cc(I)cc(I)c2C2CCCCC2)c2c1CCC2. The molecule has 2 aromatic rings. The minimum absolute atomic E-state index is 0.114. The van der Waals surface area contributed by atoms with E-state index in [1.165, 1.54) is 6.07 Å². The molecule has 0 bridgehead atoms. The molecule has 1 fully saturated rings. The van der Waals surface area contributed by atoms with Crippen molar-refractivity contribution < 1.29 is 25.6 Å². The Hall–Kier alpha value is -0.440. The van der Waals surface area contributed by atoms with E-state index >= 15 is 0 Å². The van der Waals surface area contributed by atoms with Crippen molar-refractivity contribution in [2.45, 2.75) is 67.1 Å². The van der Waals surface area contributed by atoms with Gasteiger partial charge in [0.05, 0.1) is 4.90 Å². The van der Waals surface area contributed by atoms with Gasteiger partial charge in [-0.3, -0.25) is 0 Å². The summed E-state index contributed by atoms with van der Waals surface area (Å²) in [6, 6.07) is 6.10. The summed E-state index contributed by atoms with van der Waals surface area (Å²) >= 11 is 4.31. The highest BCUT2D eigenvalue weighted by molar-refractivity contribution is 14.1. The van der Waals surface area contributed by atoms with Gasteiger partial charge in [-0.2, -0.15) is 8.42 Å². The number of fused-ring (bicyclic) bond motifs is 1. The quantitative estimate of drug-likeness (QED) is 0.247. The first-order valence-electron chi connectivity index (χ1n) is 10.1. The van der Waals surface area contributed by atoms with Crippen LogP contribution in [0.1, 0.15) is 61.1 Å². The number of benzene rings is 2. The fourth-order valence-corrected chi connectivity index (χ4v) is 9.41. The zero-order valence-corrected chi connectivity index (χ0v) is 22.5. The Kier molecular flexibility index (Phi) is 6.94. The number of hydrogen-bond donors (Lipinski definition) is 0. The topological polar surface area (TPSA) is 101 Å². The average molecular weight is 687 g/mol. The van der Waals surface area contributed by atoms with E-state index in [9.17, 15) is 21.4 Å². The van der Waals surface area contributed by atoms with Crippen LogP contribution < -0.4 is 4.18 Å². The molecule has 2 aliphatic carbocycles. The molecule has 4 rings (SSSR count). The first kappa shape index (κ1) is 23.7. The predicted octanol–water partition coefficient (Wildman–Crippen LogP) is 5.10. The lowest BCUT2D eigenvalue weighted by Crippen LogP contribution is -2.18. The van der Waals surface area contributed by atoms with Gasteiger partial charge in [-0.05, 0) is 119 Å². The fraction of sp³-hybridized carbons (Fsp3) is 0.429. The molecule has 0 amide bonds. The number of halogens is 2. The molecule has 31 heavy (non-hydrogen) atoms. The van der Waals surface area contributed by atoms with Crippen LogP contribution in [0.3, 0.4) is 0 Å². The third-order valence-electron chi connectivity index (χ3n) is 6.01. The second-order valence-corrected chi connectivity index (χ2v) is 13.3. The molecule has 0 unspecified atom stereocenters. The largest absolute Gasteiger partial charge is 0.744 e. The predicted molar refractivity (Wildman–Crippen MR) is 132 cm³/mol. The summed E-state index contributed by atoms with van der Waals surface area (Å²) < 4.78 is 69.0. The maximum Gasteiger partial charge on any atom is 0.339 e. The first-order valence-corrected chi connectivity index (χ1v) is 15.1. The molecule has 2 aromatic carbocycles. The van der Waals surface area contributed by atoms with E-state index in [1.807, 2.05) is 6.07 Å². The molecule has 10 heteroatoms.